The van der Waals surface area contributed by atoms with Gasteiger partial charge in [0, 0.05) is 18.0 Å². The lowest BCUT2D eigenvalue weighted by Gasteiger charge is -2.27. The summed E-state index contributed by atoms with van der Waals surface area (Å²) in [5, 5.41) is 4.31. The highest BCUT2D eigenvalue weighted by molar-refractivity contribution is 7.98. The van der Waals surface area contributed by atoms with Crippen LogP contribution >= 0.6 is 23.4 Å². The minimum Gasteiger partial charge on any atom is -0.492 e. The minimum atomic E-state index is 0.388. The molecule has 4 heteroatoms. The van der Waals surface area contributed by atoms with Crippen molar-refractivity contribution in [2.45, 2.75) is 18.9 Å². The molecule has 0 saturated carbocycles. The molecule has 0 aromatic heterocycles. The third kappa shape index (κ3) is 3.30. The van der Waals surface area contributed by atoms with Gasteiger partial charge in [-0.1, -0.05) is 23.7 Å². The topological polar surface area (TPSA) is 21.3 Å². The first-order valence-electron chi connectivity index (χ1n) is 5.96. The number of thioether (sulfide) groups is 1. The molecule has 0 amide bonds. The third-order valence-corrected chi connectivity index (χ3v) is 3.94. The van der Waals surface area contributed by atoms with Crippen LogP contribution in [0.15, 0.2) is 18.2 Å². The van der Waals surface area contributed by atoms with E-state index in [1.54, 1.807) is 0 Å². The van der Waals surface area contributed by atoms with Gasteiger partial charge < -0.3 is 10.1 Å². The first kappa shape index (κ1) is 13.1. The standard InChI is InChI=1S/C13H18ClNOS/c1-17-9-3-7-15-12-6-8-16-13-10(12)4-2-5-11(13)14/h2,4-5,12,15H,3,6-9H2,1H3. The van der Waals surface area contributed by atoms with Crippen molar-refractivity contribution in [2.75, 3.05) is 25.2 Å². The van der Waals surface area contributed by atoms with Crippen molar-refractivity contribution < 1.29 is 4.74 Å². The van der Waals surface area contributed by atoms with Gasteiger partial charge in [-0.15, -0.1) is 0 Å². The van der Waals surface area contributed by atoms with Crippen molar-refractivity contribution >= 4 is 23.4 Å². The number of rotatable bonds is 5. The van der Waals surface area contributed by atoms with Crippen LogP contribution in [-0.4, -0.2) is 25.2 Å². The molecule has 1 unspecified atom stereocenters. The van der Waals surface area contributed by atoms with Crippen LogP contribution in [0.3, 0.4) is 0 Å². The van der Waals surface area contributed by atoms with Crippen LogP contribution in [0.4, 0.5) is 0 Å². The van der Waals surface area contributed by atoms with Crippen LogP contribution in [-0.2, 0) is 0 Å². The Balaban J connectivity index is 1.99. The molecule has 17 heavy (non-hydrogen) atoms. The smallest absolute Gasteiger partial charge is 0.142 e. The van der Waals surface area contributed by atoms with Gasteiger partial charge >= 0.3 is 0 Å². The molecular weight excluding hydrogens is 254 g/mol. The molecule has 0 aliphatic carbocycles. The monoisotopic (exact) mass is 271 g/mol. The van der Waals surface area contributed by atoms with Gasteiger partial charge in [0.25, 0.3) is 0 Å². The molecule has 0 bridgehead atoms. The van der Waals surface area contributed by atoms with E-state index in [2.05, 4.69) is 17.6 Å². The number of hydrogen-bond donors (Lipinski definition) is 1. The van der Waals surface area contributed by atoms with Crippen molar-refractivity contribution in [1.29, 1.82) is 0 Å². The van der Waals surface area contributed by atoms with Crippen molar-refractivity contribution in [2.24, 2.45) is 0 Å². The number of halogens is 1. The molecule has 94 valence electrons. The molecule has 0 radical (unpaired) electrons. The molecule has 2 nitrogen and oxygen atoms in total. The summed E-state index contributed by atoms with van der Waals surface area (Å²) in [7, 11) is 0. The van der Waals surface area contributed by atoms with Gasteiger partial charge in [-0.25, -0.2) is 0 Å². The molecule has 0 saturated heterocycles. The molecule has 1 aliphatic rings. The van der Waals surface area contributed by atoms with Gasteiger partial charge in [0.2, 0.25) is 0 Å². The number of hydrogen-bond acceptors (Lipinski definition) is 3. The lowest BCUT2D eigenvalue weighted by molar-refractivity contribution is 0.253. The average molecular weight is 272 g/mol. The summed E-state index contributed by atoms with van der Waals surface area (Å²) in [6.45, 7) is 1.80. The SMILES string of the molecule is CSCCCNC1CCOc2c(Cl)cccc21. The fraction of sp³-hybridized carbons (Fsp3) is 0.538. The van der Waals surface area contributed by atoms with Crippen molar-refractivity contribution in [3.63, 3.8) is 0 Å². The summed E-state index contributed by atoms with van der Waals surface area (Å²) in [4.78, 5) is 0. The first-order chi connectivity index (χ1) is 8.33. The van der Waals surface area contributed by atoms with Gasteiger partial charge in [-0.3, -0.25) is 0 Å². The number of fused-ring (bicyclic) bond motifs is 1. The summed E-state index contributed by atoms with van der Waals surface area (Å²) in [6, 6.07) is 6.37. The van der Waals surface area contributed by atoms with E-state index in [4.69, 9.17) is 16.3 Å². The molecule has 1 aromatic rings. The van der Waals surface area contributed by atoms with E-state index in [-0.39, 0.29) is 0 Å². The second-order valence-corrected chi connectivity index (χ2v) is 5.54. The molecule has 1 aromatic carbocycles. The summed E-state index contributed by atoms with van der Waals surface area (Å²) in [6.07, 6.45) is 4.37. The lowest BCUT2D eigenvalue weighted by atomic mass is 10.0. The Morgan fingerprint density at radius 2 is 2.41 bits per heavy atom. The van der Waals surface area contributed by atoms with Gasteiger partial charge in [0.1, 0.15) is 5.75 Å². The summed E-state index contributed by atoms with van der Waals surface area (Å²) < 4.78 is 5.64. The molecule has 1 heterocycles. The summed E-state index contributed by atoms with van der Waals surface area (Å²) in [5.74, 6) is 2.07. The van der Waals surface area contributed by atoms with Crippen LogP contribution in [0.2, 0.25) is 5.02 Å². The van der Waals surface area contributed by atoms with E-state index in [0.29, 0.717) is 6.04 Å². The fourth-order valence-corrected chi connectivity index (χ4v) is 2.76. The van der Waals surface area contributed by atoms with E-state index in [0.717, 1.165) is 30.3 Å². The van der Waals surface area contributed by atoms with Gasteiger partial charge in [-0.2, -0.15) is 11.8 Å². The predicted octanol–water partition coefficient (Wildman–Crippen LogP) is 3.51. The molecular formula is C13H18ClNOS. The Kier molecular flexibility index (Phi) is 5.01. The summed E-state index contributed by atoms with van der Waals surface area (Å²) in [5.41, 5.74) is 1.20. The average Bonchev–Trinajstić information content (AvgIpc) is 2.36. The van der Waals surface area contributed by atoms with E-state index in [1.807, 2.05) is 23.9 Å². The van der Waals surface area contributed by atoms with Crippen LogP contribution in [0.1, 0.15) is 24.4 Å². The van der Waals surface area contributed by atoms with Gasteiger partial charge in [0.15, 0.2) is 0 Å². The normalized spacial score (nSPS) is 18.6. The minimum absolute atomic E-state index is 0.388. The highest BCUT2D eigenvalue weighted by Crippen LogP contribution is 2.37. The van der Waals surface area contributed by atoms with Crippen molar-refractivity contribution in [3.05, 3.63) is 28.8 Å². The fourth-order valence-electron chi connectivity index (χ4n) is 2.09. The maximum Gasteiger partial charge on any atom is 0.142 e. The van der Waals surface area contributed by atoms with Crippen LogP contribution in [0.5, 0.6) is 5.75 Å². The zero-order chi connectivity index (χ0) is 12.1. The Morgan fingerprint density at radius 3 is 3.24 bits per heavy atom. The maximum atomic E-state index is 6.14. The summed E-state index contributed by atoms with van der Waals surface area (Å²) >= 11 is 8.03. The zero-order valence-electron chi connectivity index (χ0n) is 10.0. The molecule has 2 rings (SSSR count). The van der Waals surface area contributed by atoms with Crippen molar-refractivity contribution in [1.82, 2.24) is 5.32 Å². The number of benzene rings is 1. The van der Waals surface area contributed by atoms with E-state index in [9.17, 15) is 0 Å². The second kappa shape index (κ2) is 6.53. The lowest BCUT2D eigenvalue weighted by Crippen LogP contribution is -2.28. The molecule has 0 spiro atoms. The molecule has 1 aliphatic heterocycles. The second-order valence-electron chi connectivity index (χ2n) is 4.15. The van der Waals surface area contributed by atoms with Gasteiger partial charge in [-0.05, 0) is 31.0 Å². The number of ether oxygens (including phenoxy) is 1. The third-order valence-electron chi connectivity index (χ3n) is 2.94. The quantitative estimate of drug-likeness (QED) is 0.828. The van der Waals surface area contributed by atoms with Crippen LogP contribution in [0, 0.1) is 0 Å². The largest absolute Gasteiger partial charge is 0.492 e. The Labute approximate surface area is 112 Å². The van der Waals surface area contributed by atoms with E-state index < -0.39 is 0 Å². The Bertz CT molecular complexity index is 372. The number of para-hydroxylation sites is 1. The number of nitrogens with one attached hydrogen (secondary N) is 1. The van der Waals surface area contributed by atoms with Crippen LogP contribution in [0.25, 0.3) is 0 Å². The Morgan fingerprint density at radius 1 is 1.53 bits per heavy atom. The van der Waals surface area contributed by atoms with Crippen molar-refractivity contribution in [3.8, 4) is 5.75 Å². The Hall–Kier alpha value is -0.380. The molecule has 1 N–H and O–H groups in total. The molecule has 0 fully saturated rings. The highest BCUT2D eigenvalue weighted by Gasteiger charge is 2.22. The van der Waals surface area contributed by atoms with Gasteiger partial charge in [0.05, 0.1) is 11.6 Å². The maximum absolute atomic E-state index is 6.14. The van der Waals surface area contributed by atoms with Crippen LogP contribution < -0.4 is 10.1 Å². The zero-order valence-corrected chi connectivity index (χ0v) is 11.6. The predicted molar refractivity (Wildman–Crippen MR) is 75.3 cm³/mol. The first-order valence-corrected chi connectivity index (χ1v) is 7.73. The molecule has 1 atom stereocenters. The van der Waals surface area contributed by atoms with E-state index in [1.165, 1.54) is 17.7 Å². The highest BCUT2D eigenvalue weighted by atomic mass is 35.5. The van der Waals surface area contributed by atoms with E-state index >= 15 is 0 Å².